The van der Waals surface area contributed by atoms with Gasteiger partial charge in [0.05, 0.1) is 6.33 Å². The van der Waals surface area contributed by atoms with Gasteiger partial charge >= 0.3 is 0 Å². The summed E-state index contributed by atoms with van der Waals surface area (Å²) in [5, 5.41) is 12.9. The Bertz CT molecular complexity index is 984. The normalized spacial score (nSPS) is 11.6. The van der Waals surface area contributed by atoms with Crippen LogP contribution in [0.1, 0.15) is 5.76 Å². The van der Waals surface area contributed by atoms with Gasteiger partial charge in [0, 0.05) is 14.1 Å². The molecule has 0 atom stereocenters. The summed E-state index contributed by atoms with van der Waals surface area (Å²) in [4.78, 5) is 14.4. The number of hydrogen-bond donors (Lipinski definition) is 2. The molecular weight excluding hydrogens is 302 g/mol. The molecule has 2 N–H and O–H groups in total. The van der Waals surface area contributed by atoms with Crippen molar-refractivity contribution in [1.29, 1.82) is 0 Å². The second-order valence-electron chi connectivity index (χ2n) is 4.86. The molecule has 0 amide bonds. The lowest BCUT2D eigenvalue weighted by atomic mass is 10.3. The van der Waals surface area contributed by atoms with Gasteiger partial charge in [-0.3, -0.25) is 0 Å². The summed E-state index contributed by atoms with van der Waals surface area (Å²) in [6.07, 6.45) is 1.75. The van der Waals surface area contributed by atoms with Gasteiger partial charge in [0.15, 0.2) is 16.6 Å². The monoisotopic (exact) mass is 315 g/mol. The lowest BCUT2D eigenvalue weighted by molar-refractivity contribution is 0.248. The number of aryl methyl sites for hydroxylation is 1. The Morgan fingerprint density at radius 1 is 1.32 bits per heavy atom. The highest BCUT2D eigenvalue weighted by Gasteiger charge is 2.18. The van der Waals surface area contributed by atoms with E-state index in [0.29, 0.717) is 11.5 Å². The van der Waals surface area contributed by atoms with Crippen molar-refractivity contribution >= 4 is 38.5 Å². The molecule has 4 aromatic heterocycles. The molecule has 0 saturated carbocycles. The molecule has 4 aromatic rings. The summed E-state index contributed by atoms with van der Waals surface area (Å²) in [5.74, 6) is 1.88. The first-order valence-electron chi connectivity index (χ1n) is 6.70. The minimum absolute atomic E-state index is 0.126. The fourth-order valence-electron chi connectivity index (χ4n) is 2.44. The van der Waals surface area contributed by atoms with E-state index in [-0.39, 0.29) is 6.61 Å². The predicted octanol–water partition coefficient (Wildman–Crippen LogP) is 2.37. The van der Waals surface area contributed by atoms with E-state index < -0.39 is 0 Å². The molecule has 4 rings (SSSR count). The number of aliphatic hydroxyl groups is 1. The maximum atomic E-state index is 9.11. The molecule has 0 spiro atoms. The molecule has 8 heteroatoms. The van der Waals surface area contributed by atoms with Gasteiger partial charge in [-0.25, -0.2) is 15.0 Å². The van der Waals surface area contributed by atoms with E-state index in [1.807, 2.05) is 24.7 Å². The van der Waals surface area contributed by atoms with Gasteiger partial charge in [-0.1, -0.05) is 11.3 Å². The lowest BCUT2D eigenvalue weighted by Crippen LogP contribution is -1.95. The first-order chi connectivity index (χ1) is 10.7. The highest BCUT2D eigenvalue weighted by atomic mass is 32.1. The van der Waals surface area contributed by atoms with Crippen LogP contribution in [-0.2, 0) is 13.7 Å². The van der Waals surface area contributed by atoms with Crippen LogP contribution in [0.4, 0.5) is 5.82 Å². The summed E-state index contributed by atoms with van der Waals surface area (Å²) in [6.45, 7) is -0.126. The number of nitrogens with one attached hydrogen (secondary N) is 1. The van der Waals surface area contributed by atoms with Gasteiger partial charge in [-0.15, -0.1) is 0 Å². The Morgan fingerprint density at radius 2 is 2.18 bits per heavy atom. The molecule has 0 unspecified atom stereocenters. The largest absolute Gasteiger partial charge is 0.456 e. The molecule has 112 valence electrons. The minimum atomic E-state index is -0.126. The zero-order valence-electron chi connectivity index (χ0n) is 12.0. The fraction of sp³-hybridized carbons (Fsp3) is 0.214. The highest BCUT2D eigenvalue weighted by molar-refractivity contribution is 7.21. The number of imidazole rings is 1. The van der Waals surface area contributed by atoms with Crippen molar-refractivity contribution < 1.29 is 9.52 Å². The van der Waals surface area contributed by atoms with Gasteiger partial charge in [-0.2, -0.15) is 0 Å². The van der Waals surface area contributed by atoms with E-state index in [2.05, 4.69) is 20.3 Å². The minimum Gasteiger partial charge on any atom is -0.456 e. The molecule has 0 saturated heterocycles. The van der Waals surface area contributed by atoms with Crippen molar-refractivity contribution in [1.82, 2.24) is 19.5 Å². The van der Waals surface area contributed by atoms with Gasteiger partial charge in [0.1, 0.15) is 33.7 Å². The number of nitrogens with zero attached hydrogens (tertiary/aromatic N) is 4. The number of aromatic nitrogens is 4. The fourth-order valence-corrected chi connectivity index (χ4v) is 3.34. The number of anilines is 1. The molecule has 0 aliphatic rings. The van der Waals surface area contributed by atoms with E-state index in [1.165, 1.54) is 11.3 Å². The average Bonchev–Trinajstić information content (AvgIpc) is 3.22. The standard InChI is InChI=1S/C14H13N5O2S/c1-15-12-9-11(19(2)6-16-9)10-14(18-12)22-13(17-10)8-4-3-7(5-20)21-8/h3-4,6,20H,5H2,1-2H3,(H,15,18). The Labute approximate surface area is 129 Å². The van der Waals surface area contributed by atoms with Crippen molar-refractivity contribution in [2.75, 3.05) is 12.4 Å². The van der Waals surface area contributed by atoms with Crippen LogP contribution in [-0.4, -0.2) is 31.7 Å². The van der Waals surface area contributed by atoms with Crippen molar-refractivity contribution in [3.63, 3.8) is 0 Å². The number of fused-ring (bicyclic) bond motifs is 3. The second kappa shape index (κ2) is 4.79. The molecule has 0 radical (unpaired) electrons. The first-order valence-corrected chi connectivity index (χ1v) is 7.52. The molecule has 0 aliphatic carbocycles. The van der Waals surface area contributed by atoms with Gasteiger partial charge in [0.25, 0.3) is 0 Å². The van der Waals surface area contributed by atoms with Crippen LogP contribution in [0.15, 0.2) is 22.9 Å². The summed E-state index contributed by atoms with van der Waals surface area (Å²) < 4.78 is 7.50. The number of furan rings is 1. The van der Waals surface area contributed by atoms with Crippen molar-refractivity contribution in [2.45, 2.75) is 6.61 Å². The SMILES string of the molecule is CNc1nc2sc(-c3ccc(CO)o3)nc2c2c1ncn2C. The third-order valence-corrected chi connectivity index (χ3v) is 4.44. The number of thiazole rings is 1. The van der Waals surface area contributed by atoms with Gasteiger partial charge in [-0.05, 0) is 12.1 Å². The zero-order chi connectivity index (χ0) is 15.3. The predicted molar refractivity (Wildman–Crippen MR) is 84.9 cm³/mol. The maximum absolute atomic E-state index is 9.11. The maximum Gasteiger partial charge on any atom is 0.163 e. The Balaban J connectivity index is 2.00. The number of aliphatic hydroxyl groups excluding tert-OH is 1. The molecule has 4 heterocycles. The van der Waals surface area contributed by atoms with E-state index in [4.69, 9.17) is 9.52 Å². The Hall–Kier alpha value is -2.45. The van der Waals surface area contributed by atoms with E-state index in [0.717, 1.165) is 32.2 Å². The summed E-state index contributed by atoms with van der Waals surface area (Å²) in [5.41, 5.74) is 2.53. The van der Waals surface area contributed by atoms with Crippen molar-refractivity contribution in [3.05, 3.63) is 24.2 Å². The molecule has 7 nitrogen and oxygen atoms in total. The van der Waals surface area contributed by atoms with Crippen LogP contribution < -0.4 is 5.32 Å². The smallest absolute Gasteiger partial charge is 0.163 e. The van der Waals surface area contributed by atoms with Crippen LogP contribution in [0.3, 0.4) is 0 Å². The quantitative estimate of drug-likeness (QED) is 0.603. The Kier molecular flexibility index (Phi) is 2.88. The zero-order valence-corrected chi connectivity index (χ0v) is 12.8. The second-order valence-corrected chi connectivity index (χ2v) is 5.84. The molecule has 22 heavy (non-hydrogen) atoms. The first kappa shape index (κ1) is 13.2. The topological polar surface area (TPSA) is 89.0 Å². The van der Waals surface area contributed by atoms with E-state index in [9.17, 15) is 0 Å². The highest BCUT2D eigenvalue weighted by Crippen LogP contribution is 2.35. The molecular formula is C14H13N5O2S. The third-order valence-electron chi connectivity index (χ3n) is 3.47. The van der Waals surface area contributed by atoms with E-state index >= 15 is 0 Å². The third kappa shape index (κ3) is 1.81. The van der Waals surface area contributed by atoms with Crippen LogP contribution >= 0.6 is 11.3 Å². The summed E-state index contributed by atoms with van der Waals surface area (Å²) >= 11 is 1.45. The van der Waals surface area contributed by atoms with Crippen LogP contribution in [0.5, 0.6) is 0 Å². The number of pyridine rings is 1. The van der Waals surface area contributed by atoms with Crippen molar-refractivity contribution in [2.24, 2.45) is 7.05 Å². The van der Waals surface area contributed by atoms with Crippen LogP contribution in [0, 0.1) is 0 Å². The number of rotatable bonds is 3. The summed E-state index contributed by atoms with van der Waals surface area (Å²) in [7, 11) is 3.76. The number of hydrogen-bond acceptors (Lipinski definition) is 7. The Morgan fingerprint density at radius 3 is 2.91 bits per heavy atom. The van der Waals surface area contributed by atoms with Gasteiger partial charge in [0.2, 0.25) is 0 Å². The van der Waals surface area contributed by atoms with Crippen LogP contribution in [0.25, 0.3) is 32.1 Å². The van der Waals surface area contributed by atoms with Crippen molar-refractivity contribution in [3.8, 4) is 10.8 Å². The molecule has 0 fully saturated rings. The summed E-state index contributed by atoms with van der Waals surface area (Å²) in [6, 6.07) is 3.55. The molecule has 0 bridgehead atoms. The van der Waals surface area contributed by atoms with Gasteiger partial charge < -0.3 is 19.4 Å². The van der Waals surface area contributed by atoms with Crippen LogP contribution in [0.2, 0.25) is 0 Å². The van der Waals surface area contributed by atoms with E-state index in [1.54, 1.807) is 12.4 Å². The molecule has 0 aliphatic heterocycles. The lowest BCUT2D eigenvalue weighted by Gasteiger charge is -2.01. The molecule has 0 aromatic carbocycles. The average molecular weight is 315 g/mol.